The molecule has 0 bridgehead atoms. The van der Waals surface area contributed by atoms with E-state index in [4.69, 9.17) is 0 Å². The van der Waals surface area contributed by atoms with Gasteiger partial charge in [-0.15, -0.1) is 0 Å². The highest BCUT2D eigenvalue weighted by Gasteiger charge is 2.31. The van der Waals surface area contributed by atoms with Crippen molar-refractivity contribution in [3.05, 3.63) is 101 Å². The highest BCUT2D eigenvalue weighted by Crippen LogP contribution is 2.28. The van der Waals surface area contributed by atoms with E-state index in [2.05, 4.69) is 34.9 Å². The SMILES string of the molecule is Cc1ccc(NC(=O)[C@H]([NH2+][C@H]2CCCc3ccccc32)c2ccccc2)cc1. The van der Waals surface area contributed by atoms with Crippen molar-refractivity contribution in [2.75, 3.05) is 5.32 Å². The van der Waals surface area contributed by atoms with Gasteiger partial charge in [-0.05, 0) is 37.5 Å². The molecule has 3 N–H and O–H groups in total. The molecule has 142 valence electrons. The number of quaternary nitrogens is 1. The number of rotatable bonds is 5. The second kappa shape index (κ2) is 8.41. The summed E-state index contributed by atoms with van der Waals surface area (Å²) in [6.45, 7) is 2.05. The summed E-state index contributed by atoms with van der Waals surface area (Å²) >= 11 is 0. The maximum Gasteiger partial charge on any atom is 0.287 e. The average molecular weight is 372 g/mol. The van der Waals surface area contributed by atoms with Gasteiger partial charge >= 0.3 is 0 Å². The Bertz CT molecular complexity index is 934. The van der Waals surface area contributed by atoms with Crippen molar-refractivity contribution < 1.29 is 10.1 Å². The van der Waals surface area contributed by atoms with Crippen LogP contribution in [0.3, 0.4) is 0 Å². The fourth-order valence-electron chi connectivity index (χ4n) is 4.09. The largest absolute Gasteiger partial charge is 0.326 e. The van der Waals surface area contributed by atoms with E-state index in [1.54, 1.807) is 0 Å². The quantitative estimate of drug-likeness (QED) is 0.689. The van der Waals surface area contributed by atoms with E-state index in [1.165, 1.54) is 23.1 Å². The molecule has 0 saturated heterocycles. The van der Waals surface area contributed by atoms with Crippen molar-refractivity contribution in [2.45, 2.75) is 38.3 Å². The predicted octanol–water partition coefficient (Wildman–Crippen LogP) is 4.32. The molecular formula is C25H27N2O+. The second-order valence-corrected chi connectivity index (χ2v) is 7.63. The van der Waals surface area contributed by atoms with Crippen LogP contribution < -0.4 is 10.6 Å². The summed E-state index contributed by atoms with van der Waals surface area (Å²) in [5.74, 6) is 0.0260. The smallest absolute Gasteiger partial charge is 0.287 e. The third-order valence-corrected chi connectivity index (χ3v) is 5.60. The monoisotopic (exact) mass is 371 g/mol. The van der Waals surface area contributed by atoms with Gasteiger partial charge in [-0.1, -0.05) is 72.3 Å². The molecule has 0 unspecified atom stereocenters. The Morgan fingerprint density at radius 1 is 0.964 bits per heavy atom. The molecule has 28 heavy (non-hydrogen) atoms. The number of fused-ring (bicyclic) bond motifs is 1. The number of aryl methyl sites for hydroxylation is 2. The van der Waals surface area contributed by atoms with Gasteiger partial charge in [0.15, 0.2) is 6.04 Å². The van der Waals surface area contributed by atoms with E-state index in [1.807, 2.05) is 61.5 Å². The number of anilines is 1. The van der Waals surface area contributed by atoms with E-state index in [-0.39, 0.29) is 11.9 Å². The van der Waals surface area contributed by atoms with Crippen molar-refractivity contribution in [3.8, 4) is 0 Å². The van der Waals surface area contributed by atoms with Crippen LogP contribution in [0.5, 0.6) is 0 Å². The molecule has 1 aliphatic carbocycles. The van der Waals surface area contributed by atoms with Crippen LogP contribution >= 0.6 is 0 Å². The van der Waals surface area contributed by atoms with E-state index >= 15 is 0 Å². The molecule has 0 spiro atoms. The zero-order chi connectivity index (χ0) is 19.3. The lowest BCUT2D eigenvalue weighted by Crippen LogP contribution is -2.88. The van der Waals surface area contributed by atoms with Crippen molar-refractivity contribution in [1.29, 1.82) is 0 Å². The number of amides is 1. The van der Waals surface area contributed by atoms with Crippen LogP contribution in [0.15, 0.2) is 78.9 Å². The Balaban J connectivity index is 1.60. The first kappa shape index (κ1) is 18.5. The van der Waals surface area contributed by atoms with Crippen LogP contribution in [0.4, 0.5) is 5.69 Å². The van der Waals surface area contributed by atoms with E-state index in [0.717, 1.165) is 24.1 Å². The lowest BCUT2D eigenvalue weighted by Gasteiger charge is -2.27. The summed E-state index contributed by atoms with van der Waals surface area (Å²) in [6, 6.07) is 26.7. The highest BCUT2D eigenvalue weighted by atomic mass is 16.2. The molecule has 3 aromatic rings. The van der Waals surface area contributed by atoms with Crippen LogP contribution in [0.1, 0.15) is 47.2 Å². The molecule has 0 heterocycles. The number of carbonyl (C=O) groups excluding carboxylic acids is 1. The number of benzene rings is 3. The first-order valence-electron chi connectivity index (χ1n) is 10.1. The molecule has 0 radical (unpaired) electrons. The first-order valence-corrected chi connectivity index (χ1v) is 10.1. The number of nitrogens with two attached hydrogens (primary N) is 1. The van der Waals surface area contributed by atoms with Crippen LogP contribution in [-0.2, 0) is 11.2 Å². The number of carbonyl (C=O) groups is 1. The Hall–Kier alpha value is -2.91. The highest BCUT2D eigenvalue weighted by molar-refractivity contribution is 5.94. The lowest BCUT2D eigenvalue weighted by atomic mass is 9.87. The zero-order valence-corrected chi connectivity index (χ0v) is 16.3. The molecule has 0 aliphatic heterocycles. The van der Waals surface area contributed by atoms with Crippen LogP contribution in [0, 0.1) is 6.92 Å². The van der Waals surface area contributed by atoms with Crippen molar-refractivity contribution in [1.82, 2.24) is 0 Å². The number of hydrogen-bond donors (Lipinski definition) is 2. The Kier molecular flexibility index (Phi) is 5.54. The minimum atomic E-state index is -0.279. The topological polar surface area (TPSA) is 45.7 Å². The summed E-state index contributed by atoms with van der Waals surface area (Å²) in [7, 11) is 0. The van der Waals surface area contributed by atoms with Gasteiger partial charge in [0.25, 0.3) is 5.91 Å². The van der Waals surface area contributed by atoms with E-state index in [9.17, 15) is 4.79 Å². The summed E-state index contributed by atoms with van der Waals surface area (Å²) in [5.41, 5.74) is 5.85. The molecular weight excluding hydrogens is 344 g/mol. The van der Waals surface area contributed by atoms with Gasteiger partial charge in [0.05, 0.1) is 0 Å². The molecule has 3 aromatic carbocycles. The molecule has 4 rings (SSSR count). The fraction of sp³-hybridized carbons (Fsp3) is 0.240. The van der Waals surface area contributed by atoms with Gasteiger partial charge in [-0.25, -0.2) is 0 Å². The van der Waals surface area contributed by atoms with Gasteiger partial charge in [0.1, 0.15) is 6.04 Å². The molecule has 1 amide bonds. The number of nitrogens with one attached hydrogen (secondary N) is 1. The van der Waals surface area contributed by atoms with E-state index < -0.39 is 0 Å². The van der Waals surface area contributed by atoms with Crippen molar-refractivity contribution >= 4 is 11.6 Å². The molecule has 0 aromatic heterocycles. The van der Waals surface area contributed by atoms with Crippen LogP contribution in [0.2, 0.25) is 0 Å². The third-order valence-electron chi connectivity index (χ3n) is 5.60. The molecule has 1 aliphatic rings. The minimum Gasteiger partial charge on any atom is -0.326 e. The maximum absolute atomic E-state index is 13.2. The third kappa shape index (κ3) is 4.15. The van der Waals surface area contributed by atoms with Gasteiger partial charge < -0.3 is 10.6 Å². The predicted molar refractivity (Wildman–Crippen MR) is 113 cm³/mol. The molecule has 3 heteroatoms. The molecule has 0 saturated carbocycles. The molecule has 2 atom stereocenters. The Labute approximate surface area is 166 Å². The van der Waals surface area contributed by atoms with Gasteiger partial charge in [0, 0.05) is 23.2 Å². The first-order chi connectivity index (χ1) is 13.7. The fourth-order valence-corrected chi connectivity index (χ4v) is 4.09. The normalized spacial score (nSPS) is 16.8. The minimum absolute atomic E-state index is 0.0260. The molecule has 0 fully saturated rings. The lowest BCUT2D eigenvalue weighted by molar-refractivity contribution is -0.723. The summed E-state index contributed by atoms with van der Waals surface area (Å²) in [5, 5.41) is 5.36. The standard InChI is InChI=1S/C25H26N2O/c1-18-14-16-21(17-15-18)26-25(28)24(20-9-3-2-4-10-20)27-23-13-7-11-19-8-5-6-12-22(19)23/h2-6,8-10,12,14-17,23-24,27H,7,11,13H2,1H3,(H,26,28)/p+1/t23-,24+/m0/s1. The maximum atomic E-state index is 13.2. The van der Waals surface area contributed by atoms with Gasteiger partial charge in [-0.2, -0.15) is 0 Å². The summed E-state index contributed by atoms with van der Waals surface area (Å²) < 4.78 is 0. The van der Waals surface area contributed by atoms with Gasteiger partial charge in [0.2, 0.25) is 0 Å². The van der Waals surface area contributed by atoms with Crippen LogP contribution in [-0.4, -0.2) is 5.91 Å². The number of hydrogen-bond acceptors (Lipinski definition) is 1. The van der Waals surface area contributed by atoms with Crippen LogP contribution in [0.25, 0.3) is 0 Å². The van der Waals surface area contributed by atoms with Gasteiger partial charge in [-0.3, -0.25) is 4.79 Å². The van der Waals surface area contributed by atoms with E-state index in [0.29, 0.717) is 6.04 Å². The second-order valence-electron chi connectivity index (χ2n) is 7.63. The Morgan fingerprint density at radius 3 is 2.46 bits per heavy atom. The Morgan fingerprint density at radius 2 is 1.68 bits per heavy atom. The van der Waals surface area contributed by atoms with Crippen molar-refractivity contribution in [2.24, 2.45) is 0 Å². The average Bonchev–Trinajstić information content (AvgIpc) is 2.74. The summed E-state index contributed by atoms with van der Waals surface area (Å²) in [4.78, 5) is 13.2. The molecule has 3 nitrogen and oxygen atoms in total. The van der Waals surface area contributed by atoms with Crippen molar-refractivity contribution in [3.63, 3.8) is 0 Å². The zero-order valence-electron chi connectivity index (χ0n) is 16.3. The summed E-state index contributed by atoms with van der Waals surface area (Å²) in [6.07, 6.45) is 3.39.